The summed E-state index contributed by atoms with van der Waals surface area (Å²) in [6.45, 7) is 13.6. The average Bonchev–Trinajstić information content (AvgIpc) is 2.86. The van der Waals surface area contributed by atoms with Crippen LogP contribution in [0.3, 0.4) is 0 Å². The molecule has 0 aromatic heterocycles. The first-order valence-corrected chi connectivity index (χ1v) is 13.8. The number of rotatable bonds is 16. The van der Waals surface area contributed by atoms with E-state index < -0.39 is 23.4 Å². The lowest BCUT2D eigenvalue weighted by atomic mass is 9.88. The highest BCUT2D eigenvalue weighted by atomic mass is 16.6. The first-order valence-electron chi connectivity index (χ1n) is 13.8. The Labute approximate surface area is 233 Å². The van der Waals surface area contributed by atoms with E-state index in [2.05, 4.69) is 0 Å². The van der Waals surface area contributed by atoms with Crippen molar-refractivity contribution < 1.29 is 38.1 Å². The molecule has 0 saturated carbocycles. The van der Waals surface area contributed by atoms with E-state index in [0.29, 0.717) is 30.2 Å². The van der Waals surface area contributed by atoms with Crippen molar-refractivity contribution in [3.8, 4) is 11.5 Å². The van der Waals surface area contributed by atoms with Crippen LogP contribution in [0, 0.1) is 23.7 Å². The van der Waals surface area contributed by atoms with E-state index in [-0.39, 0.29) is 61.6 Å². The summed E-state index contributed by atoms with van der Waals surface area (Å²) < 4.78 is 21.4. The topological polar surface area (TPSA) is 131 Å². The molecule has 0 bridgehead atoms. The van der Waals surface area contributed by atoms with Gasteiger partial charge in [0, 0.05) is 25.7 Å². The van der Waals surface area contributed by atoms with E-state index in [9.17, 15) is 19.2 Å². The van der Waals surface area contributed by atoms with Crippen molar-refractivity contribution in [2.24, 2.45) is 29.4 Å². The van der Waals surface area contributed by atoms with Gasteiger partial charge in [0.25, 0.3) is 0 Å². The molecule has 0 aliphatic rings. The van der Waals surface area contributed by atoms with Crippen molar-refractivity contribution in [2.45, 2.75) is 92.5 Å². The van der Waals surface area contributed by atoms with Gasteiger partial charge in [-0.25, -0.2) is 0 Å². The molecule has 9 heteroatoms. The molecule has 1 aromatic carbocycles. The monoisotopic (exact) mass is 549 g/mol. The van der Waals surface area contributed by atoms with Gasteiger partial charge in [-0.1, -0.05) is 54.5 Å². The molecule has 39 heavy (non-hydrogen) atoms. The van der Waals surface area contributed by atoms with Crippen LogP contribution in [0.4, 0.5) is 0 Å². The summed E-state index contributed by atoms with van der Waals surface area (Å²) in [5, 5.41) is 0. The number of carbonyl (C=O) groups is 4. The number of methoxy groups -OCH3 is 1. The number of benzene rings is 1. The normalized spacial score (nSPS) is 13.6. The van der Waals surface area contributed by atoms with Gasteiger partial charge < -0.3 is 24.7 Å². The molecule has 1 aromatic rings. The molecule has 2 N–H and O–H groups in total. The van der Waals surface area contributed by atoms with Gasteiger partial charge in [-0.05, 0) is 48.3 Å². The molecule has 0 amide bonds. The van der Waals surface area contributed by atoms with E-state index in [4.69, 9.17) is 24.7 Å². The molecule has 1 unspecified atom stereocenters. The van der Waals surface area contributed by atoms with Gasteiger partial charge in [-0.3, -0.25) is 19.2 Å². The number of nitrogens with two attached hydrogens (primary N) is 1. The van der Waals surface area contributed by atoms with Crippen molar-refractivity contribution in [1.29, 1.82) is 0 Å². The predicted molar refractivity (Wildman–Crippen MR) is 148 cm³/mol. The SMILES string of the molecule is COC(=O)[C@@](N)(CCOC(=O)C(C)C(C)C)Cc1ccc(OC(=O)CCC(C)C)c(OC(=O)CCC(C)C)c1. The van der Waals surface area contributed by atoms with E-state index >= 15 is 0 Å². The number of hydrogen-bond acceptors (Lipinski definition) is 9. The third kappa shape index (κ3) is 12.2. The fraction of sp³-hybridized carbons (Fsp3) is 0.667. The quantitative estimate of drug-likeness (QED) is 0.223. The van der Waals surface area contributed by atoms with E-state index in [1.54, 1.807) is 13.0 Å². The zero-order valence-corrected chi connectivity index (χ0v) is 24.8. The number of ether oxygens (including phenoxy) is 4. The van der Waals surface area contributed by atoms with Crippen molar-refractivity contribution in [3.05, 3.63) is 23.8 Å². The lowest BCUT2D eigenvalue weighted by Gasteiger charge is -2.27. The maximum atomic E-state index is 12.7. The third-order valence-electron chi connectivity index (χ3n) is 6.58. The standard InChI is InChI=1S/C30H47NO8/c1-19(2)9-13-26(32)38-24-12-11-23(17-25(24)39-27(33)14-10-20(3)4)18-30(31,29(35)36-8)15-16-37-28(34)22(7)21(5)6/h11-12,17,19-22H,9-10,13-16,18,31H2,1-8H3/t22?,30-/m1/s1. The minimum Gasteiger partial charge on any atom is -0.468 e. The summed E-state index contributed by atoms with van der Waals surface area (Å²) in [6, 6.07) is 4.71. The third-order valence-corrected chi connectivity index (χ3v) is 6.58. The van der Waals surface area contributed by atoms with E-state index in [1.807, 2.05) is 41.5 Å². The molecule has 0 spiro atoms. The summed E-state index contributed by atoms with van der Waals surface area (Å²) >= 11 is 0. The predicted octanol–water partition coefficient (Wildman–Crippen LogP) is 5.01. The fourth-order valence-electron chi connectivity index (χ4n) is 3.55. The summed E-state index contributed by atoms with van der Waals surface area (Å²) in [7, 11) is 1.23. The Morgan fingerprint density at radius 3 is 1.87 bits per heavy atom. The van der Waals surface area contributed by atoms with Gasteiger partial charge >= 0.3 is 23.9 Å². The highest BCUT2D eigenvalue weighted by Crippen LogP contribution is 2.32. The van der Waals surface area contributed by atoms with Crippen LogP contribution >= 0.6 is 0 Å². The first kappa shape index (κ1) is 34.1. The number of esters is 4. The average molecular weight is 550 g/mol. The molecule has 0 heterocycles. The Balaban J connectivity index is 3.16. The van der Waals surface area contributed by atoms with Crippen LogP contribution in [0.15, 0.2) is 18.2 Å². The zero-order chi connectivity index (χ0) is 29.8. The first-order chi connectivity index (χ1) is 18.2. The maximum Gasteiger partial charge on any atom is 0.326 e. The summed E-state index contributed by atoms with van der Waals surface area (Å²) in [5.41, 5.74) is 5.51. The Kier molecular flexibility index (Phi) is 14.2. The Bertz CT molecular complexity index is 972. The molecule has 220 valence electrons. The Morgan fingerprint density at radius 1 is 0.846 bits per heavy atom. The molecule has 0 aliphatic heterocycles. The number of hydrogen-bond donors (Lipinski definition) is 1. The Morgan fingerprint density at radius 2 is 1.38 bits per heavy atom. The largest absolute Gasteiger partial charge is 0.468 e. The second-order valence-electron chi connectivity index (χ2n) is 11.4. The van der Waals surface area contributed by atoms with Crippen LogP contribution in [0.5, 0.6) is 11.5 Å². The van der Waals surface area contributed by atoms with Gasteiger partial charge in [-0.2, -0.15) is 0 Å². The molecule has 9 nitrogen and oxygen atoms in total. The Hall–Kier alpha value is -2.94. The molecule has 0 radical (unpaired) electrons. The summed E-state index contributed by atoms with van der Waals surface area (Å²) in [6.07, 6.45) is 1.76. The smallest absolute Gasteiger partial charge is 0.326 e. The second-order valence-corrected chi connectivity index (χ2v) is 11.4. The molecule has 2 atom stereocenters. The van der Waals surface area contributed by atoms with E-state index in [1.165, 1.54) is 19.2 Å². The van der Waals surface area contributed by atoms with E-state index in [0.717, 1.165) is 0 Å². The maximum absolute atomic E-state index is 12.7. The van der Waals surface area contributed by atoms with Crippen LogP contribution in [0.2, 0.25) is 0 Å². The second kappa shape index (κ2) is 16.2. The van der Waals surface area contributed by atoms with Crippen LogP contribution in [-0.4, -0.2) is 43.1 Å². The van der Waals surface area contributed by atoms with Crippen molar-refractivity contribution in [2.75, 3.05) is 13.7 Å². The van der Waals surface area contributed by atoms with Gasteiger partial charge in [-0.15, -0.1) is 0 Å². The van der Waals surface area contributed by atoms with Gasteiger partial charge in [0.05, 0.1) is 19.6 Å². The van der Waals surface area contributed by atoms with Crippen LogP contribution in [0.1, 0.15) is 86.1 Å². The van der Waals surface area contributed by atoms with Gasteiger partial charge in [0.2, 0.25) is 0 Å². The summed E-state index contributed by atoms with van der Waals surface area (Å²) in [4.78, 5) is 49.8. The fourth-order valence-corrected chi connectivity index (χ4v) is 3.55. The van der Waals surface area contributed by atoms with Crippen molar-refractivity contribution in [3.63, 3.8) is 0 Å². The van der Waals surface area contributed by atoms with Crippen LogP contribution < -0.4 is 15.2 Å². The summed E-state index contributed by atoms with van der Waals surface area (Å²) in [5.74, 6) is -1.28. The lowest BCUT2D eigenvalue weighted by molar-refractivity contribution is -0.153. The highest BCUT2D eigenvalue weighted by Gasteiger charge is 2.36. The molecule has 1 rings (SSSR count). The van der Waals surface area contributed by atoms with Gasteiger partial charge in [0.15, 0.2) is 11.5 Å². The van der Waals surface area contributed by atoms with Crippen molar-refractivity contribution >= 4 is 23.9 Å². The zero-order valence-electron chi connectivity index (χ0n) is 24.8. The molecular weight excluding hydrogens is 502 g/mol. The molecular formula is C30H47NO8. The van der Waals surface area contributed by atoms with Crippen LogP contribution in [0.25, 0.3) is 0 Å². The highest BCUT2D eigenvalue weighted by molar-refractivity contribution is 5.81. The van der Waals surface area contributed by atoms with Crippen LogP contribution in [-0.2, 0) is 35.1 Å². The number of carbonyl (C=O) groups excluding carboxylic acids is 4. The lowest BCUT2D eigenvalue weighted by Crippen LogP contribution is -2.51. The molecule has 0 aliphatic carbocycles. The molecule has 0 saturated heterocycles. The van der Waals surface area contributed by atoms with Crippen molar-refractivity contribution in [1.82, 2.24) is 0 Å². The minimum atomic E-state index is -1.51. The van der Waals surface area contributed by atoms with Gasteiger partial charge in [0.1, 0.15) is 5.54 Å². The molecule has 0 fully saturated rings. The minimum absolute atomic E-state index is 0.00901.